The van der Waals surface area contributed by atoms with E-state index >= 15 is 0 Å². The van der Waals surface area contributed by atoms with Gasteiger partial charge in [0, 0.05) is 47.3 Å². The van der Waals surface area contributed by atoms with Crippen LogP contribution in [0.1, 0.15) is 23.4 Å². The van der Waals surface area contributed by atoms with Gasteiger partial charge in [-0.2, -0.15) is 28.1 Å². The van der Waals surface area contributed by atoms with E-state index in [1.54, 1.807) is 34.9 Å². The van der Waals surface area contributed by atoms with Gasteiger partial charge in [0.1, 0.15) is 4.70 Å². The Morgan fingerprint density at radius 2 is 1.49 bits per heavy atom. The monoisotopic (exact) mass is 639 g/mol. The van der Waals surface area contributed by atoms with Crippen molar-refractivity contribution in [3.63, 3.8) is 0 Å². The highest BCUT2D eigenvalue weighted by Gasteiger charge is 2.18. The first-order chi connectivity index (χ1) is 20.0. The molecule has 3 aromatic rings. The van der Waals surface area contributed by atoms with E-state index in [1.165, 1.54) is 0 Å². The number of thioether (sulfide) groups is 2. The molecule has 2 heterocycles. The number of unbranched alkanes of at least 4 members (excludes halogenated alkanes) is 1. The molecular weight excluding hydrogens is 603 g/mol. The number of hydrogen-bond donors (Lipinski definition) is 0. The van der Waals surface area contributed by atoms with Crippen LogP contribution in [0.15, 0.2) is 42.5 Å². The summed E-state index contributed by atoms with van der Waals surface area (Å²) in [5, 5.41) is 1.05. The zero-order valence-corrected chi connectivity index (χ0v) is 26.3. The lowest BCUT2D eigenvalue weighted by Crippen LogP contribution is -2.35. The predicted octanol–water partition coefficient (Wildman–Crippen LogP) is 4.96. The number of benzene rings is 2. The third-order valence-electron chi connectivity index (χ3n) is 6.14. The van der Waals surface area contributed by atoms with E-state index in [0.717, 1.165) is 55.3 Å². The molecule has 0 saturated heterocycles. The smallest absolute Gasteiger partial charge is 0.262 e. The number of aryl methyl sites for hydroxylation is 1. The van der Waals surface area contributed by atoms with E-state index in [2.05, 4.69) is 28.9 Å². The van der Waals surface area contributed by atoms with Crippen molar-refractivity contribution in [3.05, 3.63) is 53.0 Å². The second-order valence-corrected chi connectivity index (χ2v) is 14.2. The Morgan fingerprint density at radius 3 is 2.22 bits per heavy atom. The molecule has 1 aliphatic heterocycles. The molecular formula is C29H37NO7S4. The van der Waals surface area contributed by atoms with Crippen LogP contribution in [0, 0.1) is 0 Å². The maximum Gasteiger partial charge on any atom is 0.262 e. The average molecular weight is 640 g/mol. The summed E-state index contributed by atoms with van der Waals surface area (Å²) in [5.41, 5.74) is 2.08. The van der Waals surface area contributed by atoms with E-state index in [9.17, 15) is 13.0 Å². The Kier molecular flexibility index (Phi) is 13.6. The summed E-state index contributed by atoms with van der Waals surface area (Å²) in [4.78, 5) is 0. The summed E-state index contributed by atoms with van der Waals surface area (Å²) < 4.78 is 59.9. The van der Waals surface area contributed by atoms with Gasteiger partial charge in [0.25, 0.3) is 5.01 Å². The summed E-state index contributed by atoms with van der Waals surface area (Å²) in [7, 11) is -4.20. The SMILES string of the molecule is O=S(=O)([O-])CCCC[n+]1c(/C=C\c2ccc3c(c2)OCCSCCOCCOCCSCCO3)sc2ccccc21. The zero-order valence-electron chi connectivity index (χ0n) is 23.0. The van der Waals surface area contributed by atoms with E-state index in [0.29, 0.717) is 59.0 Å². The van der Waals surface area contributed by atoms with Crippen LogP contribution in [0.2, 0.25) is 0 Å². The molecule has 0 saturated carbocycles. The minimum absolute atomic E-state index is 0.336. The predicted molar refractivity (Wildman–Crippen MR) is 168 cm³/mol. The summed E-state index contributed by atoms with van der Waals surface area (Å²) in [6.07, 6.45) is 5.08. The number of ether oxygens (including phenoxy) is 4. The van der Waals surface area contributed by atoms with Gasteiger partial charge in [0.2, 0.25) is 5.52 Å². The number of hydrogen-bond acceptors (Lipinski definition) is 10. The second kappa shape index (κ2) is 17.3. The van der Waals surface area contributed by atoms with Crippen LogP contribution >= 0.6 is 34.9 Å². The zero-order chi connectivity index (χ0) is 28.8. The van der Waals surface area contributed by atoms with Crippen molar-refractivity contribution in [3.8, 4) is 11.5 Å². The van der Waals surface area contributed by atoms with Crippen LogP contribution < -0.4 is 14.0 Å². The van der Waals surface area contributed by atoms with Crippen molar-refractivity contribution in [2.75, 3.05) is 68.4 Å². The molecule has 4 rings (SSSR count). The Hall–Kier alpha value is -1.80. The molecule has 12 heteroatoms. The number of nitrogens with zero attached hydrogens (tertiary/aromatic N) is 1. The van der Waals surface area contributed by atoms with E-state index in [-0.39, 0.29) is 5.75 Å². The molecule has 0 N–H and O–H groups in total. The number of fused-ring (bicyclic) bond motifs is 2. The average Bonchev–Trinajstić information content (AvgIpc) is 3.31. The summed E-state index contributed by atoms with van der Waals surface area (Å²) >= 11 is 5.27. The minimum atomic E-state index is -4.20. The van der Waals surface area contributed by atoms with E-state index in [4.69, 9.17) is 18.9 Å². The standard InChI is InChI=1S/C29H37NO7S4/c31-41(32,33)22-4-3-11-30-25-5-1-2-6-28(25)40-29(30)10-8-24-7-9-26-27(23-24)37-17-21-39-19-15-35-13-12-34-14-18-38-20-16-36-26/h1-2,5-10,23H,3-4,11-22H2/b10-8-. The molecule has 1 aromatic heterocycles. The Labute approximate surface area is 255 Å². The van der Waals surface area contributed by atoms with Crippen molar-refractivity contribution in [1.29, 1.82) is 0 Å². The van der Waals surface area contributed by atoms with Crippen molar-refractivity contribution >= 4 is 67.3 Å². The van der Waals surface area contributed by atoms with Gasteiger partial charge in [-0.15, -0.1) is 0 Å². The fourth-order valence-corrected chi connectivity index (χ4v) is 7.10. The molecule has 0 radical (unpaired) electrons. The molecule has 0 spiro atoms. The number of thiazole rings is 1. The summed E-state index contributed by atoms with van der Waals surface area (Å²) in [6, 6.07) is 14.1. The molecule has 0 unspecified atom stereocenters. The molecule has 224 valence electrons. The Balaban J connectivity index is 1.46. The molecule has 41 heavy (non-hydrogen) atoms. The third-order valence-corrected chi connectivity index (χ3v) is 9.88. The van der Waals surface area contributed by atoms with Gasteiger partial charge in [-0.1, -0.05) is 29.5 Å². The van der Waals surface area contributed by atoms with Crippen molar-refractivity contribution < 1.29 is 36.5 Å². The fraction of sp³-hybridized carbons (Fsp3) is 0.483. The Bertz CT molecular complexity index is 1360. The second-order valence-electron chi connectivity index (χ2n) is 9.21. The van der Waals surface area contributed by atoms with Crippen LogP contribution in [0.3, 0.4) is 0 Å². The highest BCUT2D eigenvalue weighted by atomic mass is 32.2. The summed E-state index contributed by atoms with van der Waals surface area (Å²) in [5.74, 6) is 4.67. The van der Waals surface area contributed by atoms with Crippen LogP contribution in [0.5, 0.6) is 11.5 Å². The van der Waals surface area contributed by atoms with Crippen molar-refractivity contribution in [1.82, 2.24) is 0 Å². The Morgan fingerprint density at radius 1 is 0.805 bits per heavy atom. The fourth-order valence-electron chi connectivity index (χ4n) is 4.17. The first-order valence-corrected chi connectivity index (χ1v) is 18.4. The highest BCUT2D eigenvalue weighted by Crippen LogP contribution is 2.30. The quantitative estimate of drug-likeness (QED) is 0.202. The van der Waals surface area contributed by atoms with E-state index in [1.807, 2.05) is 30.3 Å². The van der Waals surface area contributed by atoms with Crippen LogP contribution in [-0.4, -0.2) is 81.4 Å². The lowest BCUT2D eigenvalue weighted by molar-refractivity contribution is -0.669. The van der Waals surface area contributed by atoms with Crippen molar-refractivity contribution in [2.45, 2.75) is 19.4 Å². The minimum Gasteiger partial charge on any atom is -0.748 e. The number of para-hydroxylation sites is 1. The van der Waals surface area contributed by atoms with Gasteiger partial charge >= 0.3 is 0 Å². The largest absolute Gasteiger partial charge is 0.748 e. The van der Waals surface area contributed by atoms with Crippen LogP contribution in [0.4, 0.5) is 0 Å². The topological polar surface area (TPSA) is 98.0 Å². The molecule has 2 aromatic carbocycles. The van der Waals surface area contributed by atoms with Gasteiger partial charge in [0.05, 0.1) is 49.8 Å². The molecule has 0 amide bonds. The van der Waals surface area contributed by atoms with Gasteiger partial charge in [0.15, 0.2) is 18.0 Å². The maximum atomic E-state index is 11.0. The van der Waals surface area contributed by atoms with Crippen molar-refractivity contribution in [2.24, 2.45) is 0 Å². The molecule has 1 aliphatic rings. The van der Waals surface area contributed by atoms with Gasteiger partial charge < -0.3 is 23.5 Å². The van der Waals surface area contributed by atoms with E-state index < -0.39 is 10.1 Å². The lowest BCUT2D eigenvalue weighted by atomic mass is 10.2. The molecule has 8 nitrogen and oxygen atoms in total. The number of rotatable bonds is 7. The first kappa shape index (κ1) is 32.1. The third kappa shape index (κ3) is 11.4. The lowest BCUT2D eigenvalue weighted by Gasteiger charge is -2.14. The normalized spacial score (nSPS) is 16.9. The number of aromatic nitrogens is 1. The van der Waals surface area contributed by atoms with Gasteiger partial charge in [-0.05, 0) is 36.3 Å². The molecule has 0 fully saturated rings. The van der Waals surface area contributed by atoms with Crippen LogP contribution in [0.25, 0.3) is 22.4 Å². The van der Waals surface area contributed by atoms with Gasteiger partial charge in [-0.25, -0.2) is 8.42 Å². The summed E-state index contributed by atoms with van der Waals surface area (Å²) in [6.45, 7) is 4.46. The van der Waals surface area contributed by atoms with Gasteiger partial charge in [-0.3, -0.25) is 0 Å². The first-order valence-electron chi connectivity index (χ1n) is 13.7. The molecule has 0 aliphatic carbocycles. The molecule has 0 atom stereocenters. The molecule has 0 bridgehead atoms. The maximum absolute atomic E-state index is 11.0. The van der Waals surface area contributed by atoms with Crippen LogP contribution in [-0.2, 0) is 26.1 Å². The highest BCUT2D eigenvalue weighted by molar-refractivity contribution is 7.99.